The van der Waals surface area contributed by atoms with Crippen molar-refractivity contribution >= 4 is 28.2 Å². The van der Waals surface area contributed by atoms with Gasteiger partial charge < -0.3 is 25.0 Å². The van der Waals surface area contributed by atoms with E-state index in [1.807, 2.05) is 36.1 Å². The number of hydrogen-bond acceptors (Lipinski definition) is 5. The molecule has 0 spiro atoms. The summed E-state index contributed by atoms with van der Waals surface area (Å²) in [7, 11) is 0. The number of aliphatic hydroxyl groups is 1. The Bertz CT molecular complexity index is 896. The number of hydrogen-bond donors (Lipinski definition) is 3. The third-order valence-electron chi connectivity index (χ3n) is 5.34. The van der Waals surface area contributed by atoms with E-state index in [-0.39, 0.29) is 12.2 Å². The number of ether oxygens (including phenoxy) is 1. The smallest absolute Gasteiger partial charge is 0.253 e. The first-order valence-corrected chi connectivity index (χ1v) is 11.0. The van der Waals surface area contributed by atoms with Crippen molar-refractivity contribution in [2.75, 3.05) is 52.5 Å². The molecule has 2 aromatic rings. The number of rotatable bonds is 9. The Kier molecular flexibility index (Phi) is 8.62. The molecular weight excluding hydrogens is 400 g/mol. The fourth-order valence-corrected chi connectivity index (χ4v) is 3.89. The summed E-state index contributed by atoms with van der Waals surface area (Å²) in [6, 6.07) is 7.96. The van der Waals surface area contributed by atoms with Crippen molar-refractivity contribution in [1.29, 1.82) is 0 Å². The van der Waals surface area contributed by atoms with Crippen LogP contribution in [0.5, 0.6) is 0 Å². The third-order valence-corrected chi connectivity index (χ3v) is 5.75. The normalized spacial score (nSPS) is 14.7. The van der Waals surface area contributed by atoms with Gasteiger partial charge in [-0.1, -0.05) is 12.1 Å². The summed E-state index contributed by atoms with van der Waals surface area (Å²) in [5.41, 5.74) is 2.52. The highest BCUT2D eigenvalue weighted by Gasteiger charge is 2.14. The van der Waals surface area contributed by atoms with Crippen LogP contribution in [0.4, 0.5) is 0 Å². The second-order valence-corrected chi connectivity index (χ2v) is 8.14. The summed E-state index contributed by atoms with van der Waals surface area (Å²) in [4.78, 5) is 19.9. The largest absolute Gasteiger partial charge is 0.396 e. The summed E-state index contributed by atoms with van der Waals surface area (Å²) < 4.78 is 5.38. The second kappa shape index (κ2) is 11.4. The van der Waals surface area contributed by atoms with Crippen molar-refractivity contribution in [3.8, 4) is 0 Å². The van der Waals surface area contributed by atoms with Crippen molar-refractivity contribution < 1.29 is 9.84 Å². The molecule has 1 aromatic carbocycles. The maximum absolute atomic E-state index is 12.6. The quantitative estimate of drug-likeness (QED) is 0.410. The fraction of sp³-hybridized carbons (Fsp3) is 0.545. The number of aliphatic hydroxyl groups excluding tert-OH is 1. The lowest BCUT2D eigenvalue weighted by molar-refractivity contribution is 0.0376. The standard InChI is InChI=1S/C22H32N4O3S/c1-17-4-5-18-15-19(21(28)24-20(18)14-17)16-26(8-3-11-27)22(30)23-6-2-7-25-9-12-29-13-10-25/h4-5,14-15,27H,2-3,6-13,16H2,1H3,(H,23,30)(H,24,28). The van der Waals surface area contributed by atoms with Gasteiger partial charge in [0.05, 0.1) is 19.8 Å². The van der Waals surface area contributed by atoms with E-state index in [4.69, 9.17) is 17.0 Å². The number of aromatic amines is 1. The number of morpholine rings is 1. The van der Waals surface area contributed by atoms with Crippen LogP contribution in [-0.4, -0.2) is 77.5 Å². The zero-order valence-corrected chi connectivity index (χ0v) is 18.5. The monoisotopic (exact) mass is 432 g/mol. The van der Waals surface area contributed by atoms with Gasteiger partial charge in [-0.25, -0.2) is 0 Å². The Labute approximate surface area is 183 Å². The summed E-state index contributed by atoms with van der Waals surface area (Å²) in [5.74, 6) is 0. The van der Waals surface area contributed by atoms with Gasteiger partial charge in [-0.2, -0.15) is 0 Å². The van der Waals surface area contributed by atoms with Gasteiger partial charge in [-0.3, -0.25) is 9.69 Å². The number of H-pyrrole nitrogens is 1. The molecule has 8 heteroatoms. The first-order valence-electron chi connectivity index (χ1n) is 10.6. The molecule has 3 N–H and O–H groups in total. The molecule has 0 atom stereocenters. The van der Waals surface area contributed by atoms with E-state index in [0.29, 0.717) is 30.2 Å². The minimum absolute atomic E-state index is 0.0868. The SMILES string of the molecule is Cc1ccc2cc(CN(CCCO)C(=S)NCCCN3CCOCC3)c(=O)[nH]c2c1. The van der Waals surface area contributed by atoms with Crippen LogP contribution < -0.4 is 10.9 Å². The summed E-state index contributed by atoms with van der Waals surface area (Å²) in [6.07, 6.45) is 1.59. The van der Waals surface area contributed by atoms with Crippen molar-refractivity contribution in [3.05, 3.63) is 45.7 Å². The van der Waals surface area contributed by atoms with Gasteiger partial charge in [-0.05, 0) is 61.6 Å². The van der Waals surface area contributed by atoms with Crippen molar-refractivity contribution in [2.24, 2.45) is 0 Å². The number of fused-ring (bicyclic) bond motifs is 1. The topological polar surface area (TPSA) is 80.8 Å². The number of nitrogens with one attached hydrogen (secondary N) is 2. The van der Waals surface area contributed by atoms with Crippen LogP contribution in [0.25, 0.3) is 10.9 Å². The number of benzene rings is 1. The van der Waals surface area contributed by atoms with Crippen LogP contribution in [-0.2, 0) is 11.3 Å². The molecule has 0 saturated carbocycles. The molecule has 2 heterocycles. The maximum atomic E-state index is 12.6. The van der Waals surface area contributed by atoms with Crippen molar-refractivity contribution in [2.45, 2.75) is 26.3 Å². The maximum Gasteiger partial charge on any atom is 0.253 e. The number of aromatic nitrogens is 1. The number of nitrogens with zero attached hydrogens (tertiary/aromatic N) is 2. The summed E-state index contributed by atoms with van der Waals surface area (Å²) in [5, 5.41) is 14.2. The van der Waals surface area contributed by atoms with Gasteiger partial charge in [-0.15, -0.1) is 0 Å². The highest BCUT2D eigenvalue weighted by atomic mass is 32.1. The molecule has 0 bridgehead atoms. The minimum Gasteiger partial charge on any atom is -0.396 e. The minimum atomic E-state index is -0.0998. The second-order valence-electron chi connectivity index (χ2n) is 7.75. The Morgan fingerprint density at radius 2 is 2.10 bits per heavy atom. The molecule has 1 fully saturated rings. The van der Waals surface area contributed by atoms with E-state index in [0.717, 1.165) is 62.3 Å². The lowest BCUT2D eigenvalue weighted by Crippen LogP contribution is -2.42. The van der Waals surface area contributed by atoms with E-state index < -0.39 is 0 Å². The molecule has 0 aliphatic carbocycles. The molecule has 0 unspecified atom stereocenters. The fourth-order valence-electron chi connectivity index (χ4n) is 3.63. The molecule has 1 aliphatic heterocycles. The lowest BCUT2D eigenvalue weighted by atomic mass is 10.1. The summed E-state index contributed by atoms with van der Waals surface area (Å²) in [6.45, 7) is 8.47. The van der Waals surface area contributed by atoms with Crippen LogP contribution in [0, 0.1) is 6.92 Å². The van der Waals surface area contributed by atoms with E-state index in [1.54, 1.807) is 0 Å². The van der Waals surface area contributed by atoms with Gasteiger partial charge in [0.15, 0.2) is 5.11 Å². The third kappa shape index (κ3) is 6.50. The molecule has 1 aromatic heterocycles. The van der Waals surface area contributed by atoms with Gasteiger partial charge in [0.1, 0.15) is 0 Å². The van der Waals surface area contributed by atoms with Crippen LogP contribution in [0.1, 0.15) is 24.0 Å². The van der Waals surface area contributed by atoms with Crippen LogP contribution in [0.15, 0.2) is 29.1 Å². The Morgan fingerprint density at radius 3 is 2.87 bits per heavy atom. The van der Waals surface area contributed by atoms with Crippen LogP contribution >= 0.6 is 12.2 Å². The summed E-state index contributed by atoms with van der Waals surface area (Å²) >= 11 is 5.60. The van der Waals surface area contributed by atoms with Gasteiger partial charge in [0.25, 0.3) is 5.56 Å². The first kappa shape index (κ1) is 22.7. The molecule has 1 saturated heterocycles. The van der Waals surface area contributed by atoms with Gasteiger partial charge in [0.2, 0.25) is 0 Å². The first-order chi connectivity index (χ1) is 14.6. The zero-order chi connectivity index (χ0) is 21.3. The Balaban J connectivity index is 1.59. The molecular formula is C22H32N4O3S. The van der Waals surface area contributed by atoms with Gasteiger partial charge >= 0.3 is 0 Å². The number of pyridine rings is 1. The average Bonchev–Trinajstić information content (AvgIpc) is 2.75. The van der Waals surface area contributed by atoms with Crippen molar-refractivity contribution in [3.63, 3.8) is 0 Å². The number of aryl methyl sites for hydroxylation is 1. The Hall–Kier alpha value is -2.00. The highest BCUT2D eigenvalue weighted by molar-refractivity contribution is 7.80. The van der Waals surface area contributed by atoms with Gasteiger partial charge in [0, 0.05) is 43.9 Å². The molecule has 7 nitrogen and oxygen atoms in total. The van der Waals surface area contributed by atoms with E-state index >= 15 is 0 Å². The number of thiocarbonyl (C=S) groups is 1. The van der Waals surface area contributed by atoms with E-state index in [9.17, 15) is 9.90 Å². The molecule has 30 heavy (non-hydrogen) atoms. The Morgan fingerprint density at radius 1 is 1.30 bits per heavy atom. The van der Waals surface area contributed by atoms with Crippen LogP contribution in [0.3, 0.4) is 0 Å². The molecule has 164 valence electrons. The highest BCUT2D eigenvalue weighted by Crippen LogP contribution is 2.14. The predicted octanol–water partition coefficient (Wildman–Crippen LogP) is 1.62. The van der Waals surface area contributed by atoms with Crippen LogP contribution in [0.2, 0.25) is 0 Å². The zero-order valence-electron chi connectivity index (χ0n) is 17.7. The average molecular weight is 433 g/mol. The van der Waals surface area contributed by atoms with E-state index in [2.05, 4.69) is 15.2 Å². The molecule has 0 amide bonds. The van der Waals surface area contributed by atoms with E-state index in [1.165, 1.54) is 0 Å². The molecule has 1 aliphatic rings. The predicted molar refractivity (Wildman–Crippen MR) is 124 cm³/mol. The molecule has 0 radical (unpaired) electrons. The lowest BCUT2D eigenvalue weighted by Gasteiger charge is -2.28. The molecule has 3 rings (SSSR count). The van der Waals surface area contributed by atoms with Crippen molar-refractivity contribution in [1.82, 2.24) is 20.1 Å².